The van der Waals surface area contributed by atoms with E-state index >= 15 is 0 Å². The van der Waals surface area contributed by atoms with Crippen LogP contribution in [0.5, 0.6) is 0 Å². The summed E-state index contributed by atoms with van der Waals surface area (Å²) in [6.07, 6.45) is 2.97. The van der Waals surface area contributed by atoms with Crippen molar-refractivity contribution in [3.05, 3.63) is 102 Å². The largest absolute Gasteiger partial charge is 0.359 e. The Balaban J connectivity index is 1.24. The van der Waals surface area contributed by atoms with Crippen LogP contribution in [0, 0.1) is 6.92 Å². The molecule has 43 heavy (non-hydrogen) atoms. The molecule has 1 amide bonds. The number of aromatic nitrogens is 5. The number of hydrogen-bond acceptors (Lipinski definition) is 6. The van der Waals surface area contributed by atoms with E-state index in [9.17, 15) is 4.79 Å². The van der Waals surface area contributed by atoms with Gasteiger partial charge in [-0.25, -0.2) is 9.36 Å². The van der Waals surface area contributed by atoms with Crippen LogP contribution in [0.3, 0.4) is 0 Å². The summed E-state index contributed by atoms with van der Waals surface area (Å²) in [5.74, 6) is 0.00253. The lowest BCUT2D eigenvalue weighted by Crippen LogP contribution is -2.43. The van der Waals surface area contributed by atoms with E-state index in [0.29, 0.717) is 12.8 Å². The predicted octanol–water partition coefficient (Wildman–Crippen LogP) is 4.52. The summed E-state index contributed by atoms with van der Waals surface area (Å²) in [4.78, 5) is 16.7. The van der Waals surface area contributed by atoms with Gasteiger partial charge in [0.1, 0.15) is 0 Å². The lowest BCUT2D eigenvalue weighted by Gasteiger charge is -2.31. The molecule has 1 aliphatic rings. The molecule has 0 spiro atoms. The second-order valence-corrected chi connectivity index (χ2v) is 11.3. The maximum Gasteiger partial charge on any atom is 0.220 e. The quantitative estimate of drug-likeness (QED) is 0.279. The highest BCUT2D eigenvalue weighted by molar-refractivity contribution is 5.76. The standard InChI is InChI=1S/C34H38N8O/c1-25-4-6-26(7-5-25)27-8-10-28(11-9-27)33-22-29(12-17-34(43)35-2)37-42(33)32-15-13-31(14-16-32)41-24-30(36-38-41)23-40-20-18-39(3)19-21-40/h4-11,13-16,22,24H,12,17-21,23H2,1-3H3,(H,35,43). The number of hydrogen-bond donors (Lipinski definition) is 1. The van der Waals surface area contributed by atoms with Crippen molar-refractivity contribution in [2.24, 2.45) is 0 Å². The number of likely N-dealkylation sites (N-methyl/N-ethyl adjacent to an activating group) is 1. The number of carbonyl (C=O) groups is 1. The van der Waals surface area contributed by atoms with Gasteiger partial charge in [0.25, 0.3) is 0 Å². The number of nitrogens with zero attached hydrogens (tertiary/aromatic N) is 7. The monoisotopic (exact) mass is 574 g/mol. The molecule has 1 N–H and O–H groups in total. The first-order valence-corrected chi connectivity index (χ1v) is 14.8. The summed E-state index contributed by atoms with van der Waals surface area (Å²) >= 11 is 0. The van der Waals surface area contributed by atoms with Crippen LogP contribution in [0.4, 0.5) is 0 Å². The zero-order valence-electron chi connectivity index (χ0n) is 25.1. The summed E-state index contributed by atoms with van der Waals surface area (Å²) in [7, 11) is 3.82. The molecule has 3 heterocycles. The van der Waals surface area contributed by atoms with Gasteiger partial charge >= 0.3 is 0 Å². The zero-order valence-corrected chi connectivity index (χ0v) is 25.1. The fraction of sp³-hybridized carbons (Fsp3) is 0.294. The van der Waals surface area contributed by atoms with Crippen molar-refractivity contribution in [3.63, 3.8) is 0 Å². The Hall–Kier alpha value is -4.60. The van der Waals surface area contributed by atoms with Gasteiger partial charge in [-0.1, -0.05) is 59.3 Å². The molecule has 9 nitrogen and oxygen atoms in total. The van der Waals surface area contributed by atoms with E-state index in [4.69, 9.17) is 5.10 Å². The number of amides is 1. The molecule has 0 bridgehead atoms. The molecule has 9 heteroatoms. The maximum atomic E-state index is 11.9. The number of piperazine rings is 1. The highest BCUT2D eigenvalue weighted by Gasteiger charge is 2.17. The zero-order chi connectivity index (χ0) is 29.8. The highest BCUT2D eigenvalue weighted by Crippen LogP contribution is 2.28. The third-order valence-electron chi connectivity index (χ3n) is 8.09. The topological polar surface area (TPSA) is 84.1 Å². The number of carbonyl (C=O) groups excluding carboxylic acids is 1. The summed E-state index contributed by atoms with van der Waals surface area (Å²) in [6, 6.07) is 27.4. The molecule has 6 rings (SSSR count). The molecule has 0 atom stereocenters. The van der Waals surface area contributed by atoms with Gasteiger partial charge in [-0.2, -0.15) is 5.10 Å². The van der Waals surface area contributed by atoms with Gasteiger partial charge in [-0.3, -0.25) is 9.69 Å². The molecule has 0 unspecified atom stereocenters. The van der Waals surface area contributed by atoms with Crippen LogP contribution in [0.25, 0.3) is 33.8 Å². The van der Waals surface area contributed by atoms with Crippen LogP contribution in [0.1, 0.15) is 23.4 Å². The average Bonchev–Trinajstić information content (AvgIpc) is 3.69. The molecule has 3 aromatic carbocycles. The molecule has 0 saturated carbocycles. The van der Waals surface area contributed by atoms with Crippen molar-refractivity contribution in [2.45, 2.75) is 26.3 Å². The molecule has 1 fully saturated rings. The average molecular weight is 575 g/mol. The number of benzene rings is 3. The van der Waals surface area contributed by atoms with E-state index in [1.54, 1.807) is 7.05 Å². The molecule has 5 aromatic rings. The lowest BCUT2D eigenvalue weighted by molar-refractivity contribution is -0.120. The van der Waals surface area contributed by atoms with Gasteiger partial charge in [0, 0.05) is 58.2 Å². The van der Waals surface area contributed by atoms with Crippen LogP contribution >= 0.6 is 0 Å². The Morgan fingerprint density at radius 2 is 1.44 bits per heavy atom. The summed E-state index contributed by atoms with van der Waals surface area (Å²) in [5, 5.41) is 16.4. The van der Waals surface area contributed by atoms with Gasteiger partial charge in [-0.15, -0.1) is 5.10 Å². The van der Waals surface area contributed by atoms with E-state index in [2.05, 4.69) is 106 Å². The summed E-state index contributed by atoms with van der Waals surface area (Å²) < 4.78 is 3.79. The van der Waals surface area contributed by atoms with Gasteiger partial charge in [0.15, 0.2) is 0 Å². The van der Waals surface area contributed by atoms with Crippen molar-refractivity contribution in [3.8, 4) is 33.8 Å². The third-order valence-corrected chi connectivity index (χ3v) is 8.09. The van der Waals surface area contributed by atoms with E-state index in [1.807, 2.05) is 27.7 Å². The maximum absolute atomic E-state index is 11.9. The van der Waals surface area contributed by atoms with Gasteiger partial charge in [0.2, 0.25) is 5.91 Å². The SMILES string of the molecule is CNC(=O)CCc1cc(-c2ccc(-c3ccc(C)cc3)cc2)n(-c2ccc(-n3cc(CN4CCN(C)CC4)nn3)cc2)n1. The number of aryl methyl sites for hydroxylation is 2. The van der Waals surface area contributed by atoms with Crippen molar-refractivity contribution >= 4 is 5.91 Å². The van der Waals surface area contributed by atoms with Gasteiger partial charge in [0.05, 0.1) is 34.7 Å². The van der Waals surface area contributed by atoms with Gasteiger partial charge in [-0.05, 0) is 55.4 Å². The van der Waals surface area contributed by atoms with Crippen LogP contribution in [-0.4, -0.2) is 80.8 Å². The minimum Gasteiger partial charge on any atom is -0.359 e. The molecular weight excluding hydrogens is 536 g/mol. The number of nitrogens with one attached hydrogen (secondary N) is 1. The van der Waals surface area contributed by atoms with E-state index in [-0.39, 0.29) is 5.91 Å². The number of rotatable bonds is 9. The van der Waals surface area contributed by atoms with Crippen molar-refractivity contribution in [2.75, 3.05) is 40.3 Å². The summed E-state index contributed by atoms with van der Waals surface area (Å²) in [6.45, 7) is 7.16. The second kappa shape index (κ2) is 12.7. The van der Waals surface area contributed by atoms with Crippen molar-refractivity contribution in [1.82, 2.24) is 39.9 Å². The Labute approximate surface area is 252 Å². The second-order valence-electron chi connectivity index (χ2n) is 11.3. The predicted molar refractivity (Wildman–Crippen MR) is 169 cm³/mol. The van der Waals surface area contributed by atoms with Crippen LogP contribution in [-0.2, 0) is 17.8 Å². The molecule has 2 aromatic heterocycles. The molecule has 1 aliphatic heterocycles. The molecule has 220 valence electrons. The Bertz CT molecular complexity index is 1660. The van der Waals surface area contributed by atoms with Crippen molar-refractivity contribution in [1.29, 1.82) is 0 Å². The normalized spacial score (nSPS) is 14.2. The molecule has 0 aliphatic carbocycles. The first-order chi connectivity index (χ1) is 20.9. The van der Waals surface area contributed by atoms with Crippen LogP contribution in [0.15, 0.2) is 85.1 Å². The molecule has 1 saturated heterocycles. The van der Waals surface area contributed by atoms with Crippen LogP contribution < -0.4 is 5.32 Å². The van der Waals surface area contributed by atoms with E-state index in [1.165, 1.54) is 16.7 Å². The fourth-order valence-electron chi connectivity index (χ4n) is 5.38. The Morgan fingerprint density at radius 1 is 0.814 bits per heavy atom. The first kappa shape index (κ1) is 28.5. The third kappa shape index (κ3) is 6.74. The minimum absolute atomic E-state index is 0.00253. The first-order valence-electron chi connectivity index (χ1n) is 14.8. The Kier molecular flexibility index (Phi) is 8.44. The minimum atomic E-state index is 0.00253. The molecule has 0 radical (unpaired) electrons. The molecular formula is C34H38N8O. The van der Waals surface area contributed by atoms with Crippen LogP contribution in [0.2, 0.25) is 0 Å². The summed E-state index contributed by atoms with van der Waals surface area (Å²) in [5.41, 5.74) is 9.35. The van der Waals surface area contributed by atoms with E-state index in [0.717, 1.165) is 66.7 Å². The van der Waals surface area contributed by atoms with E-state index < -0.39 is 0 Å². The lowest BCUT2D eigenvalue weighted by atomic mass is 10.0. The smallest absolute Gasteiger partial charge is 0.220 e. The van der Waals surface area contributed by atoms with Gasteiger partial charge < -0.3 is 10.2 Å². The fourth-order valence-corrected chi connectivity index (χ4v) is 5.38. The highest BCUT2D eigenvalue weighted by atomic mass is 16.1. The van der Waals surface area contributed by atoms with Crippen molar-refractivity contribution < 1.29 is 4.79 Å². The Morgan fingerprint density at radius 3 is 2.12 bits per heavy atom.